The normalized spacial score (nSPS) is 11.2. The van der Waals surface area contributed by atoms with Crippen molar-refractivity contribution in [1.29, 1.82) is 0 Å². The number of aliphatic hydroxyl groups excluding tert-OH is 1. The summed E-state index contributed by atoms with van der Waals surface area (Å²) in [4.78, 5) is 18.8. The van der Waals surface area contributed by atoms with Crippen LogP contribution in [-0.4, -0.2) is 41.4 Å². The third-order valence-corrected chi connectivity index (χ3v) is 3.44. The molecule has 0 aliphatic rings. The molecule has 0 unspecified atom stereocenters. The highest BCUT2D eigenvalue weighted by Gasteiger charge is 2.04. The largest absolute Gasteiger partial charge is 0.394 e. The van der Waals surface area contributed by atoms with Crippen molar-refractivity contribution in [2.75, 3.05) is 26.4 Å². The number of aromatic nitrogens is 2. The standard InChI is InChI=1S/C12H17N3O3S/c16-4-6-18-5-1-3-13-8-10-14-9-2-7-19-11(9)12(17)15-10/h2,7,13,16H,1,3-6,8H2,(H,14,15,17). The summed E-state index contributed by atoms with van der Waals surface area (Å²) in [5.41, 5.74) is 0.667. The van der Waals surface area contributed by atoms with Gasteiger partial charge < -0.3 is 20.1 Å². The van der Waals surface area contributed by atoms with E-state index in [2.05, 4.69) is 15.3 Å². The van der Waals surface area contributed by atoms with Gasteiger partial charge in [-0.15, -0.1) is 11.3 Å². The van der Waals surface area contributed by atoms with Crippen molar-refractivity contribution in [1.82, 2.24) is 15.3 Å². The van der Waals surface area contributed by atoms with Crippen molar-refractivity contribution in [3.05, 3.63) is 27.6 Å². The van der Waals surface area contributed by atoms with Gasteiger partial charge in [-0.1, -0.05) is 0 Å². The predicted molar refractivity (Wildman–Crippen MR) is 74.5 cm³/mol. The van der Waals surface area contributed by atoms with E-state index in [9.17, 15) is 4.79 Å². The molecule has 0 amide bonds. The molecule has 0 saturated carbocycles. The van der Waals surface area contributed by atoms with Gasteiger partial charge in [0.1, 0.15) is 10.5 Å². The lowest BCUT2D eigenvalue weighted by Crippen LogP contribution is -2.21. The second-order valence-electron chi connectivity index (χ2n) is 4.01. The molecule has 0 atom stereocenters. The molecule has 0 bridgehead atoms. The molecule has 0 aliphatic heterocycles. The minimum atomic E-state index is -0.0805. The number of aromatic amines is 1. The number of nitrogens with zero attached hydrogens (tertiary/aromatic N) is 1. The maximum absolute atomic E-state index is 11.7. The van der Waals surface area contributed by atoms with Crippen molar-refractivity contribution in [3.63, 3.8) is 0 Å². The highest BCUT2D eigenvalue weighted by molar-refractivity contribution is 7.17. The molecule has 0 aliphatic carbocycles. The number of hydrogen-bond acceptors (Lipinski definition) is 6. The fourth-order valence-corrected chi connectivity index (χ4v) is 2.40. The van der Waals surface area contributed by atoms with Gasteiger partial charge in [-0.05, 0) is 24.4 Å². The summed E-state index contributed by atoms with van der Waals surface area (Å²) in [5, 5.41) is 13.6. The Labute approximate surface area is 114 Å². The Hall–Kier alpha value is -1.28. The van der Waals surface area contributed by atoms with Gasteiger partial charge in [-0.2, -0.15) is 0 Å². The topological polar surface area (TPSA) is 87.2 Å². The number of aliphatic hydroxyl groups is 1. The van der Waals surface area contributed by atoms with Gasteiger partial charge in [0.15, 0.2) is 0 Å². The second-order valence-corrected chi connectivity index (χ2v) is 4.93. The Kier molecular flexibility index (Phi) is 5.46. The summed E-state index contributed by atoms with van der Waals surface area (Å²) in [6.07, 6.45) is 0.852. The van der Waals surface area contributed by atoms with Crippen LogP contribution in [0.1, 0.15) is 12.2 Å². The number of fused-ring (bicyclic) bond motifs is 1. The molecule has 2 aromatic rings. The van der Waals surface area contributed by atoms with Crippen LogP contribution in [0, 0.1) is 0 Å². The van der Waals surface area contributed by atoms with Crippen LogP contribution in [0.4, 0.5) is 0 Å². The molecule has 0 fully saturated rings. The molecule has 104 valence electrons. The SMILES string of the molecule is O=c1[nH]c(CNCCCOCCO)nc2ccsc12. The van der Waals surface area contributed by atoms with Crippen molar-refractivity contribution < 1.29 is 9.84 Å². The lowest BCUT2D eigenvalue weighted by atomic mass is 10.4. The number of hydrogen-bond donors (Lipinski definition) is 3. The molecule has 3 N–H and O–H groups in total. The van der Waals surface area contributed by atoms with Crippen LogP contribution in [-0.2, 0) is 11.3 Å². The number of rotatable bonds is 8. The average Bonchev–Trinajstić information content (AvgIpc) is 2.86. The zero-order valence-electron chi connectivity index (χ0n) is 10.5. The fourth-order valence-electron chi connectivity index (χ4n) is 1.68. The highest BCUT2D eigenvalue weighted by Crippen LogP contribution is 2.13. The molecule has 2 rings (SSSR count). The summed E-state index contributed by atoms with van der Waals surface area (Å²) < 4.78 is 5.81. The lowest BCUT2D eigenvalue weighted by molar-refractivity contribution is 0.0907. The van der Waals surface area contributed by atoms with E-state index in [-0.39, 0.29) is 12.2 Å². The van der Waals surface area contributed by atoms with Gasteiger partial charge >= 0.3 is 0 Å². The first-order chi connectivity index (χ1) is 9.31. The fraction of sp³-hybridized carbons (Fsp3) is 0.500. The predicted octanol–water partition coefficient (Wildman–Crippen LogP) is 0.473. The minimum absolute atomic E-state index is 0.0548. The molecular formula is C12H17N3O3S. The molecule has 7 heteroatoms. The van der Waals surface area contributed by atoms with E-state index in [4.69, 9.17) is 9.84 Å². The Morgan fingerprint density at radius 2 is 2.37 bits per heavy atom. The molecule has 19 heavy (non-hydrogen) atoms. The summed E-state index contributed by atoms with van der Waals surface area (Å²) in [7, 11) is 0. The summed E-state index contributed by atoms with van der Waals surface area (Å²) in [6, 6.07) is 1.85. The molecule has 2 aromatic heterocycles. The number of ether oxygens (including phenoxy) is 1. The van der Waals surface area contributed by atoms with Gasteiger partial charge in [-0.25, -0.2) is 4.98 Å². The molecular weight excluding hydrogens is 266 g/mol. The molecule has 0 saturated heterocycles. The van der Waals surface area contributed by atoms with Crippen molar-refractivity contribution >= 4 is 21.6 Å². The summed E-state index contributed by atoms with van der Waals surface area (Å²) in [5.74, 6) is 0.646. The first kappa shape index (κ1) is 14.1. The van der Waals surface area contributed by atoms with Crippen LogP contribution in [0.2, 0.25) is 0 Å². The second kappa shape index (κ2) is 7.34. The Morgan fingerprint density at radius 3 is 3.21 bits per heavy atom. The lowest BCUT2D eigenvalue weighted by Gasteiger charge is -2.05. The first-order valence-corrected chi connectivity index (χ1v) is 7.05. The third kappa shape index (κ3) is 4.10. The van der Waals surface area contributed by atoms with Gasteiger partial charge in [0.2, 0.25) is 0 Å². The average molecular weight is 283 g/mol. The van der Waals surface area contributed by atoms with Crippen LogP contribution in [0.5, 0.6) is 0 Å². The van der Waals surface area contributed by atoms with Crippen molar-refractivity contribution in [3.8, 4) is 0 Å². The van der Waals surface area contributed by atoms with Gasteiger partial charge in [0, 0.05) is 6.61 Å². The van der Waals surface area contributed by atoms with E-state index in [1.165, 1.54) is 11.3 Å². The van der Waals surface area contributed by atoms with E-state index in [1.807, 2.05) is 11.4 Å². The summed E-state index contributed by atoms with van der Waals surface area (Å²) >= 11 is 1.40. The van der Waals surface area contributed by atoms with Gasteiger partial charge in [0.25, 0.3) is 5.56 Å². The molecule has 0 spiro atoms. The smallest absolute Gasteiger partial charge is 0.268 e. The number of thiophene rings is 1. The van der Waals surface area contributed by atoms with Gasteiger partial charge in [-0.3, -0.25) is 4.79 Å². The quantitative estimate of drug-likeness (QED) is 0.613. The zero-order chi connectivity index (χ0) is 13.5. The van der Waals surface area contributed by atoms with Crippen molar-refractivity contribution in [2.45, 2.75) is 13.0 Å². The first-order valence-electron chi connectivity index (χ1n) is 6.17. The molecule has 0 aromatic carbocycles. The molecule has 0 radical (unpaired) electrons. The monoisotopic (exact) mass is 283 g/mol. The maximum Gasteiger partial charge on any atom is 0.268 e. The van der Waals surface area contributed by atoms with E-state index in [1.54, 1.807) is 0 Å². The van der Waals surface area contributed by atoms with Crippen LogP contribution < -0.4 is 10.9 Å². The van der Waals surface area contributed by atoms with Crippen LogP contribution in [0.15, 0.2) is 16.2 Å². The minimum Gasteiger partial charge on any atom is -0.394 e. The van der Waals surface area contributed by atoms with Crippen LogP contribution in [0.25, 0.3) is 10.2 Å². The van der Waals surface area contributed by atoms with E-state index in [0.29, 0.717) is 30.3 Å². The van der Waals surface area contributed by atoms with E-state index >= 15 is 0 Å². The number of nitrogens with one attached hydrogen (secondary N) is 2. The number of H-pyrrole nitrogens is 1. The Morgan fingerprint density at radius 1 is 1.47 bits per heavy atom. The van der Waals surface area contributed by atoms with Gasteiger partial charge in [0.05, 0.1) is 25.3 Å². The van der Waals surface area contributed by atoms with Crippen LogP contribution in [0.3, 0.4) is 0 Å². The molecule has 6 nitrogen and oxygen atoms in total. The Bertz CT molecular complexity index is 567. The third-order valence-electron chi connectivity index (χ3n) is 2.53. The van der Waals surface area contributed by atoms with E-state index < -0.39 is 0 Å². The summed E-state index contributed by atoms with van der Waals surface area (Å²) in [6.45, 7) is 2.35. The van der Waals surface area contributed by atoms with Crippen molar-refractivity contribution in [2.24, 2.45) is 0 Å². The Balaban J connectivity index is 1.77. The molecule has 2 heterocycles. The van der Waals surface area contributed by atoms with E-state index in [0.717, 1.165) is 18.5 Å². The maximum atomic E-state index is 11.7. The zero-order valence-corrected chi connectivity index (χ0v) is 11.3. The highest BCUT2D eigenvalue weighted by atomic mass is 32.1. The van der Waals surface area contributed by atoms with Crippen LogP contribution >= 0.6 is 11.3 Å².